The maximum Gasteiger partial charge on any atom is 0.270 e. The van der Waals surface area contributed by atoms with Gasteiger partial charge in [-0.2, -0.15) is 0 Å². The molecule has 2 heterocycles. The van der Waals surface area contributed by atoms with Crippen LogP contribution in [0.2, 0.25) is 0 Å². The molecule has 2 aromatic rings. The van der Waals surface area contributed by atoms with E-state index in [-0.39, 0.29) is 30.5 Å². The van der Waals surface area contributed by atoms with Gasteiger partial charge in [0.1, 0.15) is 17.7 Å². The van der Waals surface area contributed by atoms with E-state index in [0.717, 1.165) is 0 Å². The van der Waals surface area contributed by atoms with Crippen LogP contribution in [0.1, 0.15) is 36.2 Å². The van der Waals surface area contributed by atoms with E-state index in [1.165, 1.54) is 6.33 Å². The number of H-pyrrole nitrogens is 1. The van der Waals surface area contributed by atoms with E-state index in [1.54, 1.807) is 12.3 Å². The molecule has 5 nitrogen and oxygen atoms in total. The van der Waals surface area contributed by atoms with Gasteiger partial charge in [0.05, 0.1) is 5.39 Å². The summed E-state index contributed by atoms with van der Waals surface area (Å²) < 4.78 is 26.1. The topological polar surface area (TPSA) is 70.7 Å². The van der Waals surface area contributed by atoms with Gasteiger partial charge in [-0.05, 0) is 18.9 Å². The van der Waals surface area contributed by atoms with Crippen molar-refractivity contribution in [3.8, 4) is 0 Å². The van der Waals surface area contributed by atoms with Crippen LogP contribution in [0, 0.1) is 0 Å². The summed E-state index contributed by atoms with van der Waals surface area (Å²) in [5.41, 5.74) is 0.855. The van der Waals surface area contributed by atoms with Gasteiger partial charge in [0, 0.05) is 25.1 Å². The highest BCUT2D eigenvalue weighted by Gasteiger charge is 2.35. The molecule has 0 aromatic carbocycles. The molecule has 0 atom stereocenters. The molecule has 20 heavy (non-hydrogen) atoms. The fourth-order valence-electron chi connectivity index (χ4n) is 2.49. The molecular formula is C13H14F2N4O. The second-order valence-electron chi connectivity index (χ2n) is 5.07. The molecule has 1 saturated carbocycles. The summed E-state index contributed by atoms with van der Waals surface area (Å²) in [5, 5.41) is 3.41. The van der Waals surface area contributed by atoms with E-state index >= 15 is 0 Å². The Labute approximate surface area is 113 Å². The van der Waals surface area contributed by atoms with Crippen molar-refractivity contribution in [1.82, 2.24) is 20.3 Å². The van der Waals surface area contributed by atoms with E-state index in [0.29, 0.717) is 23.9 Å². The predicted molar refractivity (Wildman–Crippen MR) is 68.6 cm³/mol. The lowest BCUT2D eigenvalue weighted by atomic mass is 9.92. The smallest absolute Gasteiger partial charge is 0.270 e. The maximum atomic E-state index is 13.1. The number of carbonyl (C=O) groups excluding carboxylic acids is 1. The summed E-state index contributed by atoms with van der Waals surface area (Å²) in [4.78, 5) is 23.1. The number of rotatable bonds is 2. The molecule has 2 N–H and O–H groups in total. The second-order valence-corrected chi connectivity index (χ2v) is 5.07. The van der Waals surface area contributed by atoms with Crippen LogP contribution in [0.4, 0.5) is 8.78 Å². The number of alkyl halides is 2. The van der Waals surface area contributed by atoms with Gasteiger partial charge in [0.25, 0.3) is 5.91 Å². The van der Waals surface area contributed by atoms with Crippen molar-refractivity contribution in [3.05, 3.63) is 24.3 Å². The number of hydrogen-bond donors (Lipinski definition) is 2. The fraction of sp³-hybridized carbons (Fsp3) is 0.462. The minimum Gasteiger partial charge on any atom is -0.348 e. The summed E-state index contributed by atoms with van der Waals surface area (Å²) in [6.07, 6.45) is 3.21. The Morgan fingerprint density at radius 3 is 2.85 bits per heavy atom. The molecule has 106 valence electrons. The number of carbonyl (C=O) groups is 1. The third kappa shape index (κ3) is 2.48. The first-order chi connectivity index (χ1) is 9.55. The lowest BCUT2D eigenvalue weighted by Crippen LogP contribution is -2.40. The normalized spacial score (nSPS) is 19.1. The Bertz CT molecular complexity index is 630. The molecule has 1 aliphatic rings. The number of fused-ring (bicyclic) bond motifs is 1. The van der Waals surface area contributed by atoms with Gasteiger partial charge in [-0.15, -0.1) is 0 Å². The Kier molecular flexibility index (Phi) is 3.11. The summed E-state index contributed by atoms with van der Waals surface area (Å²) in [5.74, 6) is -2.93. The van der Waals surface area contributed by atoms with Crippen LogP contribution >= 0.6 is 0 Å². The van der Waals surface area contributed by atoms with Gasteiger partial charge in [0.2, 0.25) is 5.92 Å². The standard InChI is InChI=1S/C13H14F2N4O/c14-13(15)4-1-8(2-5-13)19-12(20)10-9-3-6-16-11(9)18-7-17-10/h3,6-8H,1-2,4-5H2,(H,19,20)(H,16,17,18). The lowest BCUT2D eigenvalue weighted by molar-refractivity contribution is -0.0399. The predicted octanol–water partition coefficient (Wildman–Crippen LogP) is 2.27. The third-order valence-electron chi connectivity index (χ3n) is 3.62. The van der Waals surface area contributed by atoms with E-state index < -0.39 is 5.92 Å². The molecule has 0 unspecified atom stereocenters. The number of nitrogens with zero attached hydrogens (tertiary/aromatic N) is 2. The molecule has 0 spiro atoms. The summed E-state index contributed by atoms with van der Waals surface area (Å²) >= 11 is 0. The van der Waals surface area contributed by atoms with Crippen molar-refractivity contribution < 1.29 is 13.6 Å². The first-order valence-electron chi connectivity index (χ1n) is 6.52. The van der Waals surface area contributed by atoms with Gasteiger partial charge in [-0.3, -0.25) is 4.79 Å². The maximum absolute atomic E-state index is 13.1. The second kappa shape index (κ2) is 4.81. The molecule has 1 amide bonds. The monoisotopic (exact) mass is 280 g/mol. The zero-order chi connectivity index (χ0) is 14.2. The van der Waals surface area contributed by atoms with Gasteiger partial charge in [-0.25, -0.2) is 18.7 Å². The quantitative estimate of drug-likeness (QED) is 0.886. The van der Waals surface area contributed by atoms with Crippen LogP contribution in [0.5, 0.6) is 0 Å². The van der Waals surface area contributed by atoms with Gasteiger partial charge in [-0.1, -0.05) is 0 Å². The Balaban J connectivity index is 1.72. The van der Waals surface area contributed by atoms with Crippen LogP contribution in [0.3, 0.4) is 0 Å². The average Bonchev–Trinajstić information content (AvgIpc) is 2.89. The Morgan fingerprint density at radius 1 is 1.35 bits per heavy atom. The van der Waals surface area contributed by atoms with Crippen molar-refractivity contribution >= 4 is 16.9 Å². The first kappa shape index (κ1) is 13.0. The largest absolute Gasteiger partial charge is 0.348 e. The zero-order valence-electron chi connectivity index (χ0n) is 10.7. The minimum atomic E-state index is -2.59. The number of hydrogen-bond acceptors (Lipinski definition) is 3. The fourth-order valence-corrected chi connectivity index (χ4v) is 2.49. The molecule has 2 aromatic heterocycles. The lowest BCUT2D eigenvalue weighted by Gasteiger charge is -2.28. The Hall–Kier alpha value is -2.05. The van der Waals surface area contributed by atoms with Crippen LogP contribution in [0.25, 0.3) is 11.0 Å². The number of nitrogens with one attached hydrogen (secondary N) is 2. The number of aromatic nitrogens is 3. The van der Waals surface area contributed by atoms with Crippen molar-refractivity contribution in [3.63, 3.8) is 0 Å². The highest BCUT2D eigenvalue weighted by atomic mass is 19.3. The molecule has 1 aliphatic carbocycles. The molecule has 1 fully saturated rings. The van der Waals surface area contributed by atoms with Gasteiger partial charge >= 0.3 is 0 Å². The number of amides is 1. The van der Waals surface area contributed by atoms with Crippen LogP contribution < -0.4 is 5.32 Å². The number of aromatic amines is 1. The van der Waals surface area contributed by atoms with Crippen molar-refractivity contribution in [2.24, 2.45) is 0 Å². The van der Waals surface area contributed by atoms with E-state index in [4.69, 9.17) is 0 Å². The van der Waals surface area contributed by atoms with E-state index in [1.807, 2.05) is 0 Å². The van der Waals surface area contributed by atoms with E-state index in [2.05, 4.69) is 20.3 Å². The Morgan fingerprint density at radius 2 is 2.10 bits per heavy atom. The highest BCUT2D eigenvalue weighted by Crippen LogP contribution is 2.33. The van der Waals surface area contributed by atoms with Crippen LogP contribution in [-0.4, -0.2) is 32.8 Å². The SMILES string of the molecule is O=C(NC1CCC(F)(F)CC1)c1ncnc2[nH]ccc12. The molecule has 0 saturated heterocycles. The van der Waals surface area contributed by atoms with Gasteiger partial charge in [0.15, 0.2) is 0 Å². The number of halogens is 2. The first-order valence-corrected chi connectivity index (χ1v) is 6.52. The summed E-state index contributed by atoms with van der Waals surface area (Å²) in [6.45, 7) is 0. The molecule has 7 heteroatoms. The van der Waals surface area contributed by atoms with E-state index in [9.17, 15) is 13.6 Å². The molecule has 0 bridgehead atoms. The van der Waals surface area contributed by atoms with Gasteiger partial charge < -0.3 is 10.3 Å². The van der Waals surface area contributed by atoms with Crippen LogP contribution in [-0.2, 0) is 0 Å². The highest BCUT2D eigenvalue weighted by molar-refractivity contribution is 6.03. The summed E-state index contributed by atoms with van der Waals surface area (Å²) in [7, 11) is 0. The van der Waals surface area contributed by atoms with Crippen molar-refractivity contribution in [1.29, 1.82) is 0 Å². The molecular weight excluding hydrogens is 266 g/mol. The molecule has 0 aliphatic heterocycles. The zero-order valence-corrected chi connectivity index (χ0v) is 10.7. The van der Waals surface area contributed by atoms with Crippen molar-refractivity contribution in [2.45, 2.75) is 37.6 Å². The van der Waals surface area contributed by atoms with Crippen LogP contribution in [0.15, 0.2) is 18.6 Å². The minimum absolute atomic E-state index is 0.179. The van der Waals surface area contributed by atoms with Crippen molar-refractivity contribution in [2.75, 3.05) is 0 Å². The third-order valence-corrected chi connectivity index (χ3v) is 3.62. The molecule has 0 radical (unpaired) electrons. The summed E-state index contributed by atoms with van der Waals surface area (Å²) in [6, 6.07) is 1.50. The average molecular weight is 280 g/mol. The molecule has 3 rings (SSSR count).